The Kier molecular flexibility index (Phi) is 41.5. The maximum Gasteiger partial charge on any atom is 0.472 e. The Bertz CT molecular complexity index is 1110. The van der Waals surface area contributed by atoms with Gasteiger partial charge in [0, 0.05) is 19.4 Å². The number of carbonyl (C=O) groups is 2. The van der Waals surface area contributed by atoms with Gasteiger partial charge in [-0.15, -0.1) is 0 Å². The fourth-order valence-electron chi connectivity index (χ4n) is 6.34. The van der Waals surface area contributed by atoms with Crippen molar-refractivity contribution in [1.29, 1.82) is 0 Å². The molecule has 0 radical (unpaired) electrons. The number of esters is 2. The molecule has 0 bridgehead atoms. The first-order valence-electron chi connectivity index (χ1n) is 23.2. The highest BCUT2D eigenvalue weighted by atomic mass is 31.2. The third kappa shape index (κ3) is 42.1. The number of hydrogen-bond acceptors (Lipinski definition) is 9. The molecule has 0 heterocycles. The van der Waals surface area contributed by atoms with E-state index in [1.807, 2.05) is 12.2 Å². The van der Waals surface area contributed by atoms with E-state index in [9.17, 15) is 24.2 Å². The zero-order valence-electron chi connectivity index (χ0n) is 36.9. The number of aliphatic hydroxyl groups excluding tert-OH is 1. The fourth-order valence-corrected chi connectivity index (χ4v) is 7.11. The van der Waals surface area contributed by atoms with Crippen molar-refractivity contribution in [3.63, 3.8) is 0 Å². The van der Waals surface area contributed by atoms with E-state index in [-0.39, 0.29) is 32.6 Å². The number of ether oxygens (including phenoxy) is 2. The first-order chi connectivity index (χ1) is 28.2. The number of carbonyl (C=O) groups excluding carboxylic acids is 2. The van der Waals surface area contributed by atoms with Crippen LogP contribution < -0.4 is 5.73 Å². The molecule has 0 aliphatic rings. The Morgan fingerprint density at radius 3 is 1.72 bits per heavy atom. The van der Waals surface area contributed by atoms with Crippen LogP contribution >= 0.6 is 7.82 Å². The van der Waals surface area contributed by atoms with Crippen LogP contribution in [0.5, 0.6) is 0 Å². The summed E-state index contributed by atoms with van der Waals surface area (Å²) in [5.41, 5.74) is 5.35. The zero-order chi connectivity index (χ0) is 42.6. The molecular weight excluding hydrogens is 753 g/mol. The lowest BCUT2D eigenvalue weighted by Crippen LogP contribution is -2.29. The third-order valence-corrected chi connectivity index (χ3v) is 10.8. The predicted molar refractivity (Wildman–Crippen MR) is 239 cm³/mol. The Hall–Kier alpha value is -2.07. The van der Waals surface area contributed by atoms with Crippen molar-refractivity contribution < 1.29 is 42.7 Å². The molecule has 0 spiro atoms. The standard InChI is InChI=1S/C47H86NO9P/c1-3-5-7-9-11-12-13-14-15-16-17-18-19-20-21-22-23-24-26-30-35-39-47(51)57-45(43-56-58(52,53)55-41-40-48)42-54-46(50)38-34-31-27-29-33-37-44(49)36-32-28-25-10-8-6-4-2/h6,8,14-15,25,28,32,36,44-45,49H,3-5,7,9-13,16-24,26-27,29-31,33-35,37-43,48H2,1-2H3,(H,52,53)/b8-6+,15-14-,28-25+,36-32+/t44?,45-/m1/s1. The zero-order valence-corrected chi connectivity index (χ0v) is 37.8. The maximum absolute atomic E-state index is 12.6. The van der Waals surface area contributed by atoms with Gasteiger partial charge in [0.2, 0.25) is 0 Å². The van der Waals surface area contributed by atoms with Gasteiger partial charge < -0.3 is 25.2 Å². The number of allylic oxidation sites excluding steroid dienone is 7. The Morgan fingerprint density at radius 1 is 0.621 bits per heavy atom. The second-order valence-corrected chi connectivity index (χ2v) is 16.9. The number of phosphoric acid groups is 1. The highest BCUT2D eigenvalue weighted by Gasteiger charge is 2.26. The molecule has 0 aromatic carbocycles. The lowest BCUT2D eigenvalue weighted by Gasteiger charge is -2.19. The monoisotopic (exact) mass is 840 g/mol. The third-order valence-electron chi connectivity index (χ3n) is 9.80. The van der Waals surface area contributed by atoms with Crippen molar-refractivity contribution in [2.75, 3.05) is 26.4 Å². The Balaban J connectivity index is 4.15. The van der Waals surface area contributed by atoms with Crippen LogP contribution in [0.2, 0.25) is 0 Å². The molecule has 11 heteroatoms. The van der Waals surface area contributed by atoms with Crippen LogP contribution in [-0.4, -0.2) is 60.5 Å². The second kappa shape index (κ2) is 43.0. The summed E-state index contributed by atoms with van der Waals surface area (Å²) in [6, 6.07) is 0. The first-order valence-corrected chi connectivity index (χ1v) is 24.7. The summed E-state index contributed by atoms with van der Waals surface area (Å²) in [5.74, 6) is -0.904. The highest BCUT2D eigenvalue weighted by molar-refractivity contribution is 7.47. The van der Waals surface area contributed by atoms with Gasteiger partial charge >= 0.3 is 19.8 Å². The minimum Gasteiger partial charge on any atom is -0.462 e. The Morgan fingerprint density at radius 2 is 1.16 bits per heavy atom. The lowest BCUT2D eigenvalue weighted by molar-refractivity contribution is -0.161. The molecule has 0 aromatic rings. The molecule has 0 aromatic heterocycles. The molecule has 0 amide bonds. The van der Waals surface area contributed by atoms with Gasteiger partial charge in [-0.2, -0.15) is 0 Å². The largest absolute Gasteiger partial charge is 0.472 e. The smallest absolute Gasteiger partial charge is 0.462 e. The van der Waals surface area contributed by atoms with Crippen molar-refractivity contribution in [1.82, 2.24) is 0 Å². The SMILES string of the molecule is CC/C=C/C/C=C/C=C/C(O)CCCCCCCC(=O)OC[C@H](COP(=O)(O)OCCN)OC(=O)CCCCCCCCCCCCC/C=C\CCCCCCCC. The van der Waals surface area contributed by atoms with Crippen LogP contribution in [0.1, 0.15) is 200 Å². The van der Waals surface area contributed by atoms with E-state index >= 15 is 0 Å². The number of hydrogen-bond donors (Lipinski definition) is 3. The minimum atomic E-state index is -4.40. The molecular formula is C47H86NO9P. The summed E-state index contributed by atoms with van der Waals surface area (Å²) in [6.07, 6.45) is 45.9. The topological polar surface area (TPSA) is 155 Å². The van der Waals surface area contributed by atoms with Crippen LogP contribution in [0.4, 0.5) is 0 Å². The molecule has 4 N–H and O–H groups in total. The normalized spacial score (nSPS) is 14.2. The molecule has 0 saturated carbocycles. The summed E-state index contributed by atoms with van der Waals surface area (Å²) in [4.78, 5) is 34.9. The van der Waals surface area contributed by atoms with Crippen LogP contribution in [0.25, 0.3) is 0 Å². The summed E-state index contributed by atoms with van der Waals surface area (Å²) < 4.78 is 32.8. The van der Waals surface area contributed by atoms with Gasteiger partial charge in [-0.3, -0.25) is 18.6 Å². The van der Waals surface area contributed by atoms with Crippen molar-refractivity contribution in [3.8, 4) is 0 Å². The quantitative estimate of drug-likeness (QED) is 0.0178. The van der Waals surface area contributed by atoms with E-state index in [4.69, 9.17) is 24.3 Å². The number of nitrogens with two attached hydrogens (primary N) is 1. The number of phosphoric ester groups is 1. The molecule has 0 saturated heterocycles. The van der Waals surface area contributed by atoms with Gasteiger partial charge in [-0.25, -0.2) is 4.57 Å². The fraction of sp³-hybridized carbons (Fsp3) is 0.787. The van der Waals surface area contributed by atoms with E-state index in [0.717, 1.165) is 57.8 Å². The van der Waals surface area contributed by atoms with Crippen molar-refractivity contribution in [3.05, 3.63) is 48.6 Å². The molecule has 0 rings (SSSR count). The minimum absolute atomic E-state index is 0.0381. The number of aliphatic hydroxyl groups is 1. The van der Waals surface area contributed by atoms with Crippen LogP contribution in [0, 0.1) is 0 Å². The van der Waals surface area contributed by atoms with Crippen molar-refractivity contribution in [2.45, 2.75) is 212 Å². The molecule has 0 aliphatic carbocycles. The predicted octanol–water partition coefficient (Wildman–Crippen LogP) is 12.5. The van der Waals surface area contributed by atoms with Crippen molar-refractivity contribution >= 4 is 19.8 Å². The van der Waals surface area contributed by atoms with Crippen LogP contribution in [-0.2, 0) is 32.7 Å². The number of rotatable bonds is 43. The van der Waals surface area contributed by atoms with Gasteiger partial charge in [-0.05, 0) is 57.8 Å². The van der Waals surface area contributed by atoms with Crippen LogP contribution in [0.15, 0.2) is 48.6 Å². The molecule has 58 heavy (non-hydrogen) atoms. The number of unbranched alkanes of at least 4 members (excludes halogenated alkanes) is 21. The summed E-state index contributed by atoms with van der Waals surface area (Å²) >= 11 is 0. The molecule has 10 nitrogen and oxygen atoms in total. The average molecular weight is 840 g/mol. The molecule has 3 atom stereocenters. The molecule has 2 unspecified atom stereocenters. The van der Waals surface area contributed by atoms with E-state index in [1.165, 1.54) is 96.3 Å². The maximum atomic E-state index is 12.6. The van der Waals surface area contributed by atoms with Crippen molar-refractivity contribution in [2.24, 2.45) is 5.73 Å². The molecule has 0 fully saturated rings. The van der Waals surface area contributed by atoms with Gasteiger partial charge in [-0.1, -0.05) is 178 Å². The van der Waals surface area contributed by atoms with E-state index in [0.29, 0.717) is 19.3 Å². The summed E-state index contributed by atoms with van der Waals surface area (Å²) in [5, 5.41) is 10.1. The van der Waals surface area contributed by atoms with E-state index in [1.54, 1.807) is 6.08 Å². The lowest BCUT2D eigenvalue weighted by atomic mass is 10.0. The molecule has 338 valence electrons. The van der Waals surface area contributed by atoms with E-state index < -0.39 is 38.6 Å². The van der Waals surface area contributed by atoms with Gasteiger partial charge in [0.15, 0.2) is 6.10 Å². The van der Waals surface area contributed by atoms with Gasteiger partial charge in [0.25, 0.3) is 0 Å². The molecule has 0 aliphatic heterocycles. The summed E-state index contributed by atoms with van der Waals surface area (Å²) in [7, 11) is -4.40. The average Bonchev–Trinajstić information content (AvgIpc) is 3.21. The van der Waals surface area contributed by atoms with Gasteiger partial charge in [0.05, 0.1) is 19.3 Å². The van der Waals surface area contributed by atoms with E-state index in [2.05, 4.69) is 44.2 Å². The first kappa shape index (κ1) is 55.9. The van der Waals surface area contributed by atoms with Gasteiger partial charge in [0.1, 0.15) is 6.61 Å². The highest BCUT2D eigenvalue weighted by Crippen LogP contribution is 2.43. The Labute approximate surface area is 354 Å². The summed E-state index contributed by atoms with van der Waals surface area (Å²) in [6.45, 7) is 3.50. The van der Waals surface area contributed by atoms with Crippen LogP contribution in [0.3, 0.4) is 0 Å². The second-order valence-electron chi connectivity index (χ2n) is 15.4.